The van der Waals surface area contributed by atoms with E-state index in [2.05, 4.69) is 53.7 Å². The van der Waals surface area contributed by atoms with Gasteiger partial charge in [0.2, 0.25) is 0 Å². The van der Waals surface area contributed by atoms with Crippen LogP contribution >= 0.6 is 0 Å². The first-order chi connectivity index (χ1) is 14.9. The van der Waals surface area contributed by atoms with Gasteiger partial charge in [-0.1, -0.05) is 59.3 Å². The molecule has 0 unspecified atom stereocenters. The van der Waals surface area contributed by atoms with Gasteiger partial charge in [-0.25, -0.2) is 0 Å². The predicted molar refractivity (Wildman–Crippen MR) is 128 cm³/mol. The zero-order valence-corrected chi connectivity index (χ0v) is 21.0. The smallest absolute Gasteiger partial charge is 0.113 e. The van der Waals surface area contributed by atoms with E-state index >= 15 is 0 Å². The van der Waals surface area contributed by atoms with E-state index in [1.165, 1.54) is 5.57 Å². The molecule has 32 heavy (non-hydrogen) atoms. The van der Waals surface area contributed by atoms with Crippen molar-refractivity contribution < 1.29 is 20.4 Å². The van der Waals surface area contributed by atoms with E-state index in [0.29, 0.717) is 36.5 Å². The Morgan fingerprint density at radius 2 is 1.62 bits per heavy atom. The summed E-state index contributed by atoms with van der Waals surface area (Å²) in [5.41, 5.74) is 0.286. The summed E-state index contributed by atoms with van der Waals surface area (Å²) in [5, 5.41) is 44.4. The average Bonchev–Trinajstić information content (AvgIpc) is 3.09. The summed E-state index contributed by atoms with van der Waals surface area (Å²) in [6, 6.07) is 0. The van der Waals surface area contributed by atoms with Crippen LogP contribution in [0.2, 0.25) is 0 Å². The minimum atomic E-state index is -1.46. The Kier molecular flexibility index (Phi) is 6.28. The van der Waals surface area contributed by atoms with Crippen LogP contribution in [0.15, 0.2) is 23.3 Å². The van der Waals surface area contributed by atoms with Crippen LogP contribution in [-0.2, 0) is 0 Å². The van der Waals surface area contributed by atoms with Crippen LogP contribution in [0.5, 0.6) is 0 Å². The summed E-state index contributed by atoms with van der Waals surface area (Å²) in [7, 11) is 0. The highest BCUT2D eigenvalue weighted by Crippen LogP contribution is 2.66. The van der Waals surface area contributed by atoms with E-state index in [9.17, 15) is 20.4 Å². The molecule has 182 valence electrons. The van der Waals surface area contributed by atoms with Crippen molar-refractivity contribution in [3.63, 3.8) is 0 Å². The molecule has 0 amide bonds. The van der Waals surface area contributed by atoms with Crippen molar-refractivity contribution in [2.45, 2.75) is 110 Å². The second kappa shape index (κ2) is 8.22. The molecule has 2 fully saturated rings. The molecule has 10 atom stereocenters. The molecule has 2 saturated carbocycles. The zero-order chi connectivity index (χ0) is 23.6. The van der Waals surface area contributed by atoms with Gasteiger partial charge in [0.15, 0.2) is 0 Å². The van der Waals surface area contributed by atoms with Crippen LogP contribution < -0.4 is 0 Å². The van der Waals surface area contributed by atoms with Gasteiger partial charge in [0.1, 0.15) is 17.8 Å². The Hall–Kier alpha value is -0.680. The largest absolute Gasteiger partial charge is 0.393 e. The molecule has 0 aromatic heterocycles. The lowest BCUT2D eigenvalue weighted by molar-refractivity contribution is -0.216. The van der Waals surface area contributed by atoms with Crippen molar-refractivity contribution >= 4 is 0 Å². The second-order valence-electron chi connectivity index (χ2n) is 12.6. The molecule has 0 bridgehead atoms. The van der Waals surface area contributed by atoms with Crippen molar-refractivity contribution in [1.29, 1.82) is 0 Å². The summed E-state index contributed by atoms with van der Waals surface area (Å²) in [6.45, 7) is 13.6. The number of hydrogen-bond donors (Lipinski definition) is 4. The van der Waals surface area contributed by atoms with Crippen LogP contribution in [0.25, 0.3) is 0 Å². The molecule has 4 heteroatoms. The quantitative estimate of drug-likeness (QED) is 0.475. The van der Waals surface area contributed by atoms with Gasteiger partial charge in [-0.2, -0.15) is 0 Å². The van der Waals surface area contributed by atoms with E-state index in [-0.39, 0.29) is 17.8 Å². The van der Waals surface area contributed by atoms with Crippen LogP contribution in [0.1, 0.15) is 86.5 Å². The molecule has 4 nitrogen and oxygen atoms in total. The van der Waals surface area contributed by atoms with Crippen molar-refractivity contribution in [2.24, 2.45) is 40.4 Å². The zero-order valence-electron chi connectivity index (χ0n) is 21.0. The van der Waals surface area contributed by atoms with Gasteiger partial charge in [0.05, 0.1) is 6.10 Å². The van der Waals surface area contributed by atoms with E-state index in [0.717, 1.165) is 31.3 Å². The lowest BCUT2D eigenvalue weighted by Gasteiger charge is -2.61. The first-order valence-electron chi connectivity index (χ1n) is 13.0. The SMILES string of the molecule is CC(C)[C@@H](C)/C=C/[C@@H](C)[C@H]1CC[C@H]2C3=C(CC[C@]12C)[C@@]1(C)CC[C@H](O)C[C@]1(O)[C@H](O)[C@H]3O. The highest BCUT2D eigenvalue weighted by molar-refractivity contribution is 5.41. The van der Waals surface area contributed by atoms with Gasteiger partial charge in [-0.15, -0.1) is 0 Å². The fraction of sp³-hybridized carbons (Fsp3) is 0.857. The number of aliphatic hydroxyl groups excluding tert-OH is 3. The first-order valence-corrected chi connectivity index (χ1v) is 13.0. The average molecular weight is 447 g/mol. The summed E-state index contributed by atoms with van der Waals surface area (Å²) in [6.07, 6.45) is 7.45. The first kappa shape index (κ1) is 24.4. The molecule has 4 rings (SSSR count). The fourth-order valence-electron chi connectivity index (χ4n) is 8.08. The van der Waals surface area contributed by atoms with Crippen LogP contribution in [0.3, 0.4) is 0 Å². The highest BCUT2D eigenvalue weighted by atomic mass is 16.4. The molecule has 0 heterocycles. The highest BCUT2D eigenvalue weighted by Gasteiger charge is 2.65. The number of aliphatic hydroxyl groups is 4. The van der Waals surface area contributed by atoms with Crippen LogP contribution in [-0.4, -0.2) is 44.3 Å². The Bertz CT molecular complexity index is 786. The number of allylic oxidation sites excluding steroid dienone is 2. The third-order valence-electron chi connectivity index (χ3n) is 10.7. The molecule has 4 aliphatic rings. The lowest BCUT2D eigenvalue weighted by Crippen LogP contribution is -2.67. The monoisotopic (exact) mass is 446 g/mol. The fourth-order valence-corrected chi connectivity index (χ4v) is 8.08. The normalized spacial score (nSPS) is 48.5. The van der Waals surface area contributed by atoms with E-state index < -0.39 is 29.3 Å². The predicted octanol–water partition coefficient (Wildman–Crippen LogP) is 4.61. The maximum Gasteiger partial charge on any atom is 0.113 e. The minimum absolute atomic E-state index is 0.102. The molecule has 0 radical (unpaired) electrons. The van der Waals surface area contributed by atoms with Gasteiger partial charge in [0.25, 0.3) is 0 Å². The third kappa shape index (κ3) is 3.39. The van der Waals surface area contributed by atoms with Gasteiger partial charge in [-0.3, -0.25) is 0 Å². The molecular formula is C28H46O4. The maximum atomic E-state index is 11.6. The van der Waals surface area contributed by atoms with Gasteiger partial charge in [0, 0.05) is 11.8 Å². The second-order valence-corrected chi connectivity index (χ2v) is 12.6. The molecule has 0 spiro atoms. The number of hydrogen-bond acceptors (Lipinski definition) is 4. The molecule has 0 aromatic rings. The van der Waals surface area contributed by atoms with Gasteiger partial charge in [-0.05, 0) is 79.1 Å². The van der Waals surface area contributed by atoms with E-state index in [1.54, 1.807) is 0 Å². The van der Waals surface area contributed by atoms with Crippen molar-refractivity contribution in [2.75, 3.05) is 0 Å². The van der Waals surface area contributed by atoms with Crippen molar-refractivity contribution in [1.82, 2.24) is 0 Å². The standard InChI is InChI=1S/C28H46O4/c1-16(2)17(3)7-8-18(4)20-9-10-21-23-22(12-13-26(20,21)5)27(6)14-11-19(29)15-28(27,32)25(31)24(23)30/h7-8,16-21,24-25,29-32H,9-15H2,1-6H3/b8-7+/t17-,18+,19-,20+,21-,24-,25+,26+,27+,28-/m0/s1. The molecule has 0 aliphatic heterocycles. The Balaban J connectivity index is 1.68. The van der Waals surface area contributed by atoms with Gasteiger partial charge >= 0.3 is 0 Å². The molecule has 4 N–H and O–H groups in total. The van der Waals surface area contributed by atoms with Crippen molar-refractivity contribution in [3.8, 4) is 0 Å². The number of fused-ring (bicyclic) bond motifs is 4. The van der Waals surface area contributed by atoms with E-state index in [4.69, 9.17) is 0 Å². The van der Waals surface area contributed by atoms with Crippen molar-refractivity contribution in [3.05, 3.63) is 23.3 Å². The number of rotatable bonds is 4. The lowest BCUT2D eigenvalue weighted by atomic mass is 9.47. The summed E-state index contributed by atoms with van der Waals surface area (Å²) in [4.78, 5) is 0. The van der Waals surface area contributed by atoms with E-state index in [1.807, 2.05) is 0 Å². The van der Waals surface area contributed by atoms with Gasteiger partial charge < -0.3 is 20.4 Å². The van der Waals surface area contributed by atoms with Crippen LogP contribution in [0.4, 0.5) is 0 Å². The maximum absolute atomic E-state index is 11.6. The summed E-state index contributed by atoms with van der Waals surface area (Å²) >= 11 is 0. The molecule has 0 saturated heterocycles. The Morgan fingerprint density at radius 1 is 0.938 bits per heavy atom. The topological polar surface area (TPSA) is 80.9 Å². The third-order valence-corrected chi connectivity index (χ3v) is 10.7. The summed E-state index contributed by atoms with van der Waals surface area (Å²) < 4.78 is 0. The minimum Gasteiger partial charge on any atom is -0.393 e. The summed E-state index contributed by atoms with van der Waals surface area (Å²) in [5.74, 6) is 2.50. The molecule has 0 aromatic carbocycles. The van der Waals surface area contributed by atoms with Crippen LogP contribution in [0, 0.1) is 40.4 Å². The molecular weight excluding hydrogens is 400 g/mol. The molecule has 4 aliphatic carbocycles. The Labute approximate surface area is 194 Å². The Morgan fingerprint density at radius 3 is 2.28 bits per heavy atom.